The van der Waals surface area contributed by atoms with Gasteiger partial charge in [-0.15, -0.1) is 0 Å². The number of carbonyl (C=O) groups excluding carboxylic acids is 1. The first-order valence-corrected chi connectivity index (χ1v) is 5.16. The molecule has 0 saturated carbocycles. The van der Waals surface area contributed by atoms with Gasteiger partial charge in [-0.3, -0.25) is 9.89 Å². The minimum absolute atomic E-state index is 0.0807. The van der Waals surface area contributed by atoms with Gasteiger partial charge in [-0.25, -0.2) is 0 Å². The molecular formula is C10H15N3O2. The number of rotatable bonds is 3. The molecule has 1 aromatic heterocycles. The molecule has 1 aliphatic heterocycles. The van der Waals surface area contributed by atoms with Crippen molar-refractivity contribution in [2.45, 2.75) is 19.4 Å². The van der Waals surface area contributed by atoms with Crippen LogP contribution in [0.25, 0.3) is 0 Å². The minimum Gasteiger partial charge on any atom is -0.378 e. The van der Waals surface area contributed by atoms with Crippen LogP contribution < -0.4 is 5.32 Å². The molecule has 2 heterocycles. The van der Waals surface area contributed by atoms with Crippen molar-refractivity contribution in [1.82, 2.24) is 15.5 Å². The van der Waals surface area contributed by atoms with E-state index in [-0.39, 0.29) is 12.0 Å². The zero-order valence-corrected chi connectivity index (χ0v) is 8.69. The van der Waals surface area contributed by atoms with Gasteiger partial charge >= 0.3 is 0 Å². The van der Waals surface area contributed by atoms with Crippen LogP contribution in [-0.4, -0.2) is 35.4 Å². The van der Waals surface area contributed by atoms with Gasteiger partial charge in [-0.2, -0.15) is 5.10 Å². The molecule has 1 fully saturated rings. The lowest BCUT2D eigenvalue weighted by Crippen LogP contribution is -2.31. The van der Waals surface area contributed by atoms with E-state index in [9.17, 15) is 4.79 Å². The molecule has 82 valence electrons. The summed E-state index contributed by atoms with van der Waals surface area (Å²) < 4.78 is 5.42. The number of hydrogen-bond acceptors (Lipinski definition) is 3. The van der Waals surface area contributed by atoms with Gasteiger partial charge in [0.15, 0.2) is 0 Å². The van der Waals surface area contributed by atoms with Crippen molar-refractivity contribution < 1.29 is 9.53 Å². The maximum atomic E-state index is 11.6. The average Bonchev–Trinajstić information content (AvgIpc) is 2.85. The Bertz CT molecular complexity index is 323. The van der Waals surface area contributed by atoms with Crippen molar-refractivity contribution in [3.63, 3.8) is 0 Å². The van der Waals surface area contributed by atoms with Crippen LogP contribution in [0.4, 0.5) is 0 Å². The number of aromatic amines is 1. The smallest absolute Gasteiger partial charge is 0.254 e. The lowest BCUT2D eigenvalue weighted by Gasteiger charge is -2.14. The highest BCUT2D eigenvalue weighted by Gasteiger charge is 2.24. The SMILES string of the molecule is CC1OCCC1CNC(=O)c1cn[nH]c1. The molecule has 5 heteroatoms. The van der Waals surface area contributed by atoms with Crippen LogP contribution in [0.1, 0.15) is 23.7 Å². The van der Waals surface area contributed by atoms with Gasteiger partial charge in [0.25, 0.3) is 5.91 Å². The highest BCUT2D eigenvalue weighted by molar-refractivity contribution is 5.93. The van der Waals surface area contributed by atoms with E-state index in [1.165, 1.54) is 6.20 Å². The Morgan fingerprint density at radius 2 is 2.67 bits per heavy atom. The first-order chi connectivity index (χ1) is 7.27. The topological polar surface area (TPSA) is 67.0 Å². The maximum Gasteiger partial charge on any atom is 0.254 e. The van der Waals surface area contributed by atoms with Gasteiger partial charge in [0.2, 0.25) is 0 Å². The van der Waals surface area contributed by atoms with E-state index < -0.39 is 0 Å². The molecule has 0 radical (unpaired) electrons. The monoisotopic (exact) mass is 209 g/mol. The van der Waals surface area contributed by atoms with E-state index in [0.29, 0.717) is 18.0 Å². The molecule has 2 unspecified atom stereocenters. The molecule has 1 aliphatic rings. The average molecular weight is 209 g/mol. The van der Waals surface area contributed by atoms with Gasteiger partial charge < -0.3 is 10.1 Å². The van der Waals surface area contributed by atoms with Crippen LogP contribution >= 0.6 is 0 Å². The fourth-order valence-electron chi connectivity index (χ4n) is 1.75. The van der Waals surface area contributed by atoms with Crippen LogP contribution in [0.5, 0.6) is 0 Å². The number of nitrogens with one attached hydrogen (secondary N) is 2. The number of amides is 1. The Balaban J connectivity index is 1.81. The van der Waals surface area contributed by atoms with Crippen LogP contribution in [0.15, 0.2) is 12.4 Å². The number of H-pyrrole nitrogens is 1. The molecular weight excluding hydrogens is 194 g/mol. The van der Waals surface area contributed by atoms with Gasteiger partial charge in [0, 0.05) is 25.3 Å². The highest BCUT2D eigenvalue weighted by atomic mass is 16.5. The lowest BCUT2D eigenvalue weighted by molar-refractivity contribution is 0.0907. The molecule has 5 nitrogen and oxygen atoms in total. The fourth-order valence-corrected chi connectivity index (χ4v) is 1.75. The van der Waals surface area contributed by atoms with Crippen molar-refractivity contribution in [1.29, 1.82) is 0 Å². The van der Waals surface area contributed by atoms with E-state index in [2.05, 4.69) is 15.5 Å². The van der Waals surface area contributed by atoms with Gasteiger partial charge in [0.1, 0.15) is 0 Å². The third-order valence-electron chi connectivity index (χ3n) is 2.82. The molecule has 2 atom stereocenters. The Kier molecular flexibility index (Phi) is 3.01. The lowest BCUT2D eigenvalue weighted by atomic mass is 10.0. The second kappa shape index (κ2) is 4.44. The number of ether oxygens (including phenoxy) is 1. The molecule has 0 aliphatic carbocycles. The fraction of sp³-hybridized carbons (Fsp3) is 0.600. The molecule has 2 N–H and O–H groups in total. The zero-order chi connectivity index (χ0) is 10.7. The third-order valence-corrected chi connectivity index (χ3v) is 2.82. The zero-order valence-electron chi connectivity index (χ0n) is 8.69. The Morgan fingerprint density at radius 1 is 1.80 bits per heavy atom. The van der Waals surface area contributed by atoms with Crippen molar-refractivity contribution in [3.05, 3.63) is 18.0 Å². The summed E-state index contributed by atoms with van der Waals surface area (Å²) in [7, 11) is 0. The number of hydrogen-bond donors (Lipinski definition) is 2. The molecule has 15 heavy (non-hydrogen) atoms. The van der Waals surface area contributed by atoms with Crippen LogP contribution in [0.3, 0.4) is 0 Å². The Labute approximate surface area is 88.2 Å². The van der Waals surface area contributed by atoms with Gasteiger partial charge in [-0.1, -0.05) is 0 Å². The Morgan fingerprint density at radius 3 is 3.27 bits per heavy atom. The quantitative estimate of drug-likeness (QED) is 0.764. The third kappa shape index (κ3) is 2.36. The molecule has 0 aromatic carbocycles. The Hall–Kier alpha value is -1.36. The summed E-state index contributed by atoms with van der Waals surface area (Å²) in [6, 6.07) is 0. The summed E-state index contributed by atoms with van der Waals surface area (Å²) in [4.78, 5) is 11.6. The predicted octanol–water partition coefficient (Wildman–Crippen LogP) is 0.564. The first kappa shape index (κ1) is 10.2. The summed E-state index contributed by atoms with van der Waals surface area (Å²) in [6.07, 6.45) is 4.37. The standard InChI is InChI=1S/C10H15N3O2/c1-7-8(2-3-15-7)4-11-10(14)9-5-12-13-6-9/h5-8H,2-4H2,1H3,(H,11,14)(H,12,13). The van der Waals surface area contributed by atoms with E-state index in [4.69, 9.17) is 4.74 Å². The largest absolute Gasteiger partial charge is 0.378 e. The van der Waals surface area contributed by atoms with Crippen LogP contribution in [0.2, 0.25) is 0 Å². The van der Waals surface area contributed by atoms with Crippen molar-refractivity contribution in [2.75, 3.05) is 13.2 Å². The molecule has 0 bridgehead atoms. The van der Waals surface area contributed by atoms with Crippen LogP contribution in [0, 0.1) is 5.92 Å². The number of carbonyl (C=O) groups is 1. The van der Waals surface area contributed by atoms with Crippen molar-refractivity contribution >= 4 is 5.91 Å². The molecule has 1 amide bonds. The summed E-state index contributed by atoms with van der Waals surface area (Å²) >= 11 is 0. The predicted molar refractivity (Wildman–Crippen MR) is 54.4 cm³/mol. The molecule has 2 rings (SSSR count). The molecule has 0 spiro atoms. The summed E-state index contributed by atoms with van der Waals surface area (Å²) in [5.41, 5.74) is 0.571. The number of nitrogens with zero attached hydrogens (tertiary/aromatic N) is 1. The number of aromatic nitrogens is 2. The normalized spacial score (nSPS) is 25.4. The molecule has 1 saturated heterocycles. The highest BCUT2D eigenvalue weighted by Crippen LogP contribution is 2.19. The maximum absolute atomic E-state index is 11.6. The van der Waals surface area contributed by atoms with Gasteiger partial charge in [0.05, 0.1) is 17.9 Å². The minimum atomic E-state index is -0.0807. The van der Waals surface area contributed by atoms with E-state index in [0.717, 1.165) is 13.0 Å². The van der Waals surface area contributed by atoms with Gasteiger partial charge in [-0.05, 0) is 13.3 Å². The molecule has 1 aromatic rings. The summed E-state index contributed by atoms with van der Waals surface area (Å²) in [5.74, 6) is 0.351. The van der Waals surface area contributed by atoms with Crippen molar-refractivity contribution in [3.8, 4) is 0 Å². The summed E-state index contributed by atoms with van der Waals surface area (Å²) in [6.45, 7) is 3.51. The van der Waals surface area contributed by atoms with Crippen LogP contribution in [-0.2, 0) is 4.74 Å². The van der Waals surface area contributed by atoms with E-state index in [1.54, 1.807) is 6.20 Å². The summed E-state index contributed by atoms with van der Waals surface area (Å²) in [5, 5.41) is 9.22. The first-order valence-electron chi connectivity index (χ1n) is 5.16. The second-order valence-electron chi connectivity index (χ2n) is 3.82. The van der Waals surface area contributed by atoms with Crippen molar-refractivity contribution in [2.24, 2.45) is 5.92 Å². The second-order valence-corrected chi connectivity index (χ2v) is 3.82. The van der Waals surface area contributed by atoms with E-state index in [1.807, 2.05) is 6.92 Å². The van der Waals surface area contributed by atoms with E-state index >= 15 is 0 Å².